The molecule has 0 spiro atoms. The van der Waals surface area contributed by atoms with Crippen molar-refractivity contribution in [2.75, 3.05) is 13.2 Å². The number of rotatable bonds is 8. The van der Waals surface area contributed by atoms with Crippen LogP contribution in [0.5, 0.6) is 5.75 Å². The lowest BCUT2D eigenvalue weighted by Crippen LogP contribution is -2.30. The first-order valence-electron chi connectivity index (χ1n) is 8.60. The van der Waals surface area contributed by atoms with E-state index >= 15 is 0 Å². The van der Waals surface area contributed by atoms with E-state index in [1.165, 1.54) is 0 Å². The second kappa shape index (κ2) is 9.06. The highest BCUT2D eigenvalue weighted by atomic mass is 16.5. The second-order valence-electron chi connectivity index (χ2n) is 6.27. The first-order chi connectivity index (χ1) is 12.0. The normalized spacial score (nSPS) is 10.5. The highest BCUT2D eigenvalue weighted by molar-refractivity contribution is 5.77. The molecule has 0 fully saturated rings. The molecule has 1 amide bonds. The average molecular weight is 342 g/mol. The topological polar surface area (TPSA) is 60.3 Å². The largest absolute Gasteiger partial charge is 0.483 e. The van der Waals surface area contributed by atoms with Gasteiger partial charge in [-0.15, -0.1) is 0 Å². The van der Waals surface area contributed by atoms with Gasteiger partial charge in [-0.1, -0.05) is 18.2 Å². The fraction of sp³-hybridized carbons (Fsp3) is 0.400. The SMILES string of the molecule is Cc1ccc(C)c(OCC(=O)NCCCCn2c(C)cccc2=O)c1. The zero-order chi connectivity index (χ0) is 18.2. The molecular weight excluding hydrogens is 316 g/mol. The molecule has 5 nitrogen and oxygen atoms in total. The molecule has 1 heterocycles. The molecule has 0 saturated carbocycles. The number of aromatic nitrogens is 1. The van der Waals surface area contributed by atoms with Crippen LogP contribution >= 0.6 is 0 Å². The van der Waals surface area contributed by atoms with E-state index in [0.717, 1.165) is 35.4 Å². The number of aryl methyl sites for hydroxylation is 3. The summed E-state index contributed by atoms with van der Waals surface area (Å²) in [5.74, 6) is 0.614. The smallest absolute Gasteiger partial charge is 0.257 e. The zero-order valence-electron chi connectivity index (χ0n) is 15.2. The van der Waals surface area contributed by atoms with Crippen molar-refractivity contribution in [2.24, 2.45) is 0 Å². The van der Waals surface area contributed by atoms with Crippen LogP contribution in [-0.2, 0) is 11.3 Å². The summed E-state index contributed by atoms with van der Waals surface area (Å²) < 4.78 is 7.34. The van der Waals surface area contributed by atoms with Gasteiger partial charge < -0.3 is 14.6 Å². The number of nitrogens with zero attached hydrogens (tertiary/aromatic N) is 1. The Kier molecular flexibility index (Phi) is 6.81. The number of hydrogen-bond donors (Lipinski definition) is 1. The zero-order valence-corrected chi connectivity index (χ0v) is 15.2. The quantitative estimate of drug-likeness (QED) is 0.751. The molecule has 2 rings (SSSR count). The molecule has 1 aromatic carbocycles. The van der Waals surface area contributed by atoms with Crippen molar-refractivity contribution in [2.45, 2.75) is 40.2 Å². The van der Waals surface area contributed by atoms with E-state index in [9.17, 15) is 9.59 Å². The summed E-state index contributed by atoms with van der Waals surface area (Å²) in [5.41, 5.74) is 3.10. The number of unbranched alkanes of at least 4 members (excludes halogenated alkanes) is 1. The highest BCUT2D eigenvalue weighted by Crippen LogP contribution is 2.18. The Morgan fingerprint density at radius 2 is 1.92 bits per heavy atom. The standard InChI is InChI=1S/C20H26N2O3/c1-15-9-10-16(2)18(13-15)25-14-19(23)21-11-4-5-12-22-17(3)7-6-8-20(22)24/h6-10,13H,4-5,11-12,14H2,1-3H3,(H,21,23). The summed E-state index contributed by atoms with van der Waals surface area (Å²) >= 11 is 0. The van der Waals surface area contributed by atoms with Crippen molar-refractivity contribution >= 4 is 5.91 Å². The number of pyridine rings is 1. The maximum Gasteiger partial charge on any atom is 0.257 e. The monoisotopic (exact) mass is 342 g/mol. The Morgan fingerprint density at radius 3 is 2.68 bits per heavy atom. The van der Waals surface area contributed by atoms with Crippen molar-refractivity contribution < 1.29 is 9.53 Å². The molecule has 134 valence electrons. The van der Waals surface area contributed by atoms with Crippen molar-refractivity contribution in [1.82, 2.24) is 9.88 Å². The van der Waals surface area contributed by atoms with Gasteiger partial charge in [-0.2, -0.15) is 0 Å². The van der Waals surface area contributed by atoms with Gasteiger partial charge in [0.25, 0.3) is 11.5 Å². The van der Waals surface area contributed by atoms with Crippen molar-refractivity contribution in [3.8, 4) is 5.75 Å². The number of amides is 1. The van der Waals surface area contributed by atoms with E-state index in [4.69, 9.17) is 4.74 Å². The maximum absolute atomic E-state index is 11.9. The third kappa shape index (κ3) is 5.78. The third-order valence-electron chi connectivity index (χ3n) is 4.10. The Bertz CT molecular complexity index is 781. The lowest BCUT2D eigenvalue weighted by Gasteiger charge is -2.11. The van der Waals surface area contributed by atoms with E-state index in [1.807, 2.05) is 45.0 Å². The number of benzene rings is 1. The van der Waals surface area contributed by atoms with Crippen LogP contribution in [0.25, 0.3) is 0 Å². The second-order valence-corrected chi connectivity index (χ2v) is 6.27. The summed E-state index contributed by atoms with van der Waals surface area (Å²) in [7, 11) is 0. The minimum absolute atomic E-state index is 0.0154. The van der Waals surface area contributed by atoms with Crippen LogP contribution in [0.1, 0.15) is 29.7 Å². The molecule has 0 saturated heterocycles. The van der Waals surface area contributed by atoms with E-state index in [1.54, 1.807) is 16.7 Å². The van der Waals surface area contributed by atoms with Gasteiger partial charge in [0.05, 0.1) is 0 Å². The average Bonchev–Trinajstić information content (AvgIpc) is 2.57. The number of carbonyl (C=O) groups is 1. The Balaban J connectivity index is 1.67. The van der Waals surface area contributed by atoms with Crippen LogP contribution < -0.4 is 15.6 Å². The molecule has 1 N–H and O–H groups in total. The summed E-state index contributed by atoms with van der Waals surface area (Å²) in [6.45, 7) is 7.14. The highest BCUT2D eigenvalue weighted by Gasteiger charge is 2.05. The molecule has 2 aromatic rings. The van der Waals surface area contributed by atoms with Crippen LogP contribution in [0.4, 0.5) is 0 Å². The van der Waals surface area contributed by atoms with E-state index < -0.39 is 0 Å². The van der Waals surface area contributed by atoms with Gasteiger partial charge in [0.1, 0.15) is 5.75 Å². The summed E-state index contributed by atoms with van der Waals surface area (Å²) in [6, 6.07) is 11.2. The number of nitrogens with one attached hydrogen (secondary N) is 1. The third-order valence-corrected chi connectivity index (χ3v) is 4.10. The maximum atomic E-state index is 11.9. The Hall–Kier alpha value is -2.56. The molecule has 0 atom stereocenters. The Morgan fingerprint density at radius 1 is 1.12 bits per heavy atom. The first kappa shape index (κ1) is 18.8. The number of carbonyl (C=O) groups excluding carboxylic acids is 1. The summed E-state index contributed by atoms with van der Waals surface area (Å²) in [4.78, 5) is 23.6. The van der Waals surface area contributed by atoms with Crippen LogP contribution in [-0.4, -0.2) is 23.6 Å². The lowest BCUT2D eigenvalue weighted by atomic mass is 10.1. The fourth-order valence-electron chi connectivity index (χ4n) is 2.59. The molecule has 0 bridgehead atoms. The number of ether oxygens (including phenoxy) is 1. The molecule has 0 unspecified atom stereocenters. The minimum atomic E-state index is -0.131. The summed E-state index contributed by atoms with van der Waals surface area (Å²) in [5, 5.41) is 2.85. The molecule has 0 aliphatic heterocycles. The van der Waals surface area contributed by atoms with Gasteiger partial charge in [0.2, 0.25) is 0 Å². The van der Waals surface area contributed by atoms with Crippen LogP contribution in [0.15, 0.2) is 41.2 Å². The molecule has 5 heteroatoms. The molecule has 0 radical (unpaired) electrons. The molecule has 0 aliphatic rings. The molecule has 0 aliphatic carbocycles. The minimum Gasteiger partial charge on any atom is -0.483 e. The van der Waals surface area contributed by atoms with Crippen LogP contribution in [0.2, 0.25) is 0 Å². The number of hydrogen-bond acceptors (Lipinski definition) is 3. The van der Waals surface area contributed by atoms with E-state index in [2.05, 4.69) is 5.32 Å². The molecular formula is C20H26N2O3. The van der Waals surface area contributed by atoms with E-state index in [0.29, 0.717) is 13.1 Å². The van der Waals surface area contributed by atoms with E-state index in [-0.39, 0.29) is 18.1 Å². The Labute approximate surface area is 148 Å². The summed E-state index contributed by atoms with van der Waals surface area (Å²) in [6.07, 6.45) is 1.65. The van der Waals surface area contributed by atoms with Crippen molar-refractivity contribution in [1.29, 1.82) is 0 Å². The predicted octanol–water partition coefficient (Wildman–Crippen LogP) is 2.75. The van der Waals surface area contributed by atoms with Crippen molar-refractivity contribution in [3.63, 3.8) is 0 Å². The van der Waals surface area contributed by atoms with Crippen LogP contribution in [0.3, 0.4) is 0 Å². The van der Waals surface area contributed by atoms with Crippen molar-refractivity contribution in [3.05, 3.63) is 63.6 Å². The lowest BCUT2D eigenvalue weighted by molar-refractivity contribution is -0.123. The predicted molar refractivity (Wildman–Crippen MR) is 99.1 cm³/mol. The van der Waals surface area contributed by atoms with Gasteiger partial charge in [0.15, 0.2) is 6.61 Å². The molecule has 25 heavy (non-hydrogen) atoms. The van der Waals surface area contributed by atoms with Gasteiger partial charge in [-0.25, -0.2) is 0 Å². The van der Waals surface area contributed by atoms with Gasteiger partial charge >= 0.3 is 0 Å². The van der Waals surface area contributed by atoms with Gasteiger partial charge in [-0.3, -0.25) is 9.59 Å². The molecule has 1 aromatic heterocycles. The first-order valence-corrected chi connectivity index (χ1v) is 8.60. The van der Waals surface area contributed by atoms with Gasteiger partial charge in [0, 0.05) is 24.8 Å². The van der Waals surface area contributed by atoms with Crippen LogP contribution in [0, 0.1) is 20.8 Å². The fourth-order valence-corrected chi connectivity index (χ4v) is 2.59. The van der Waals surface area contributed by atoms with Gasteiger partial charge in [-0.05, 0) is 56.9 Å².